The molecule has 0 aliphatic rings. The van der Waals surface area contributed by atoms with Gasteiger partial charge in [-0.1, -0.05) is 37.3 Å². The van der Waals surface area contributed by atoms with Crippen LogP contribution in [0, 0.1) is 5.41 Å². The zero-order valence-corrected chi connectivity index (χ0v) is 15.5. The number of allylic oxidation sites excluding steroid dienone is 1. The van der Waals surface area contributed by atoms with E-state index in [1.807, 2.05) is 31.3 Å². The highest BCUT2D eigenvalue weighted by Gasteiger charge is 2.12. The molecule has 0 aliphatic carbocycles. The Kier molecular flexibility index (Phi) is 5.47. The summed E-state index contributed by atoms with van der Waals surface area (Å²) in [6.07, 6.45) is 2.30. The molecule has 0 atom stereocenters. The zero-order chi connectivity index (χ0) is 19.4. The molecule has 2 aromatic carbocycles. The minimum absolute atomic E-state index is 0.220. The molecule has 0 bridgehead atoms. The maximum atomic E-state index is 12.0. The van der Waals surface area contributed by atoms with Crippen molar-refractivity contribution >= 4 is 28.3 Å². The van der Waals surface area contributed by atoms with Crippen molar-refractivity contribution in [1.29, 1.82) is 5.41 Å². The highest BCUT2D eigenvalue weighted by molar-refractivity contribution is 6.18. The van der Waals surface area contributed by atoms with E-state index in [1.54, 1.807) is 6.07 Å². The van der Waals surface area contributed by atoms with Gasteiger partial charge in [0.25, 0.3) is 5.56 Å². The van der Waals surface area contributed by atoms with Crippen molar-refractivity contribution in [1.82, 2.24) is 15.5 Å². The van der Waals surface area contributed by atoms with Crippen molar-refractivity contribution in [2.45, 2.75) is 19.9 Å². The summed E-state index contributed by atoms with van der Waals surface area (Å²) in [4.78, 5) is 12.0. The summed E-state index contributed by atoms with van der Waals surface area (Å²) >= 11 is 0. The van der Waals surface area contributed by atoms with Crippen LogP contribution in [0.4, 0.5) is 0 Å². The topological polar surface area (TPSA) is 108 Å². The minimum Gasteiger partial charge on any atom is -0.387 e. The lowest BCUT2D eigenvalue weighted by Crippen LogP contribution is -2.14. The zero-order valence-electron chi connectivity index (χ0n) is 15.5. The van der Waals surface area contributed by atoms with Crippen molar-refractivity contribution in [3.63, 3.8) is 0 Å². The van der Waals surface area contributed by atoms with Gasteiger partial charge in [-0.05, 0) is 35.2 Å². The first-order valence-electron chi connectivity index (χ1n) is 8.86. The maximum Gasteiger partial charge on any atom is 0.272 e. The molecule has 6 heteroatoms. The molecular weight excluding hydrogens is 338 g/mol. The second kappa shape index (κ2) is 7.97. The third kappa shape index (κ3) is 3.52. The first-order chi connectivity index (χ1) is 13.1. The smallest absolute Gasteiger partial charge is 0.272 e. The lowest BCUT2D eigenvalue weighted by Gasteiger charge is -2.14. The number of aromatic amines is 1. The summed E-state index contributed by atoms with van der Waals surface area (Å²) in [5, 5.41) is 18.9. The van der Waals surface area contributed by atoms with Crippen LogP contribution in [0.25, 0.3) is 22.0 Å². The summed E-state index contributed by atoms with van der Waals surface area (Å²) in [5.41, 5.74) is 10.8. The molecule has 138 valence electrons. The van der Waals surface area contributed by atoms with Gasteiger partial charge in [-0.3, -0.25) is 4.79 Å². The lowest BCUT2D eigenvalue weighted by molar-refractivity contribution is 0.900. The van der Waals surface area contributed by atoms with Gasteiger partial charge in [-0.25, -0.2) is 5.10 Å². The van der Waals surface area contributed by atoms with Gasteiger partial charge >= 0.3 is 0 Å². The molecule has 1 aromatic heterocycles. The van der Waals surface area contributed by atoms with E-state index in [9.17, 15) is 4.79 Å². The summed E-state index contributed by atoms with van der Waals surface area (Å²) < 4.78 is 0. The van der Waals surface area contributed by atoms with E-state index in [2.05, 4.69) is 34.6 Å². The SMILES string of the molecule is CCc1ccc(/C(NC)=C(/C=N)c2ccc3c(=O)[nH]nc(CN)c3c2)cc1. The molecule has 5 N–H and O–H groups in total. The van der Waals surface area contributed by atoms with Gasteiger partial charge in [-0.2, -0.15) is 5.10 Å². The molecule has 3 rings (SSSR count). The summed E-state index contributed by atoms with van der Waals surface area (Å²) in [5.74, 6) is 0. The molecule has 1 heterocycles. The average Bonchev–Trinajstić information content (AvgIpc) is 2.72. The fourth-order valence-corrected chi connectivity index (χ4v) is 3.18. The van der Waals surface area contributed by atoms with Gasteiger partial charge in [0, 0.05) is 30.8 Å². The molecular formula is C21H23N5O. The molecule has 0 fully saturated rings. The average molecular weight is 361 g/mol. The number of hydrogen-bond donors (Lipinski definition) is 4. The number of hydrogen-bond acceptors (Lipinski definition) is 5. The third-order valence-corrected chi connectivity index (χ3v) is 4.69. The molecule has 0 unspecified atom stereocenters. The van der Waals surface area contributed by atoms with Gasteiger partial charge in [-0.15, -0.1) is 0 Å². The Morgan fingerprint density at radius 1 is 1.19 bits per heavy atom. The monoisotopic (exact) mass is 361 g/mol. The fraction of sp³-hybridized carbons (Fsp3) is 0.190. The molecule has 27 heavy (non-hydrogen) atoms. The van der Waals surface area contributed by atoms with Crippen molar-refractivity contribution in [3.8, 4) is 0 Å². The van der Waals surface area contributed by atoms with Crippen LogP contribution >= 0.6 is 0 Å². The van der Waals surface area contributed by atoms with Crippen LogP contribution in [-0.2, 0) is 13.0 Å². The Morgan fingerprint density at radius 2 is 1.89 bits per heavy atom. The van der Waals surface area contributed by atoms with E-state index in [0.717, 1.165) is 28.8 Å². The quantitative estimate of drug-likeness (QED) is 0.400. The van der Waals surface area contributed by atoms with Crippen molar-refractivity contribution in [2.75, 3.05) is 7.05 Å². The van der Waals surface area contributed by atoms with E-state index in [0.29, 0.717) is 16.5 Å². The minimum atomic E-state index is -0.252. The normalized spacial score (nSPS) is 12.0. The molecule has 0 spiro atoms. The van der Waals surface area contributed by atoms with Gasteiger partial charge in [0.1, 0.15) is 0 Å². The van der Waals surface area contributed by atoms with E-state index >= 15 is 0 Å². The molecule has 6 nitrogen and oxygen atoms in total. The standard InChI is InChI=1S/C21H23N5O/c1-3-13-4-6-14(7-5-13)20(24-2)18(11-22)15-8-9-16-17(10-15)19(12-23)25-26-21(16)27/h4-11,22,24H,3,12,23H2,1-2H3,(H,26,27)/b20-18+,22-11?. The number of H-pyrrole nitrogens is 1. The predicted octanol–water partition coefficient (Wildman–Crippen LogP) is 2.68. The maximum absolute atomic E-state index is 12.0. The van der Waals surface area contributed by atoms with E-state index < -0.39 is 0 Å². The highest BCUT2D eigenvalue weighted by atomic mass is 16.1. The van der Waals surface area contributed by atoms with Crippen LogP contribution in [0.3, 0.4) is 0 Å². The van der Waals surface area contributed by atoms with Crippen molar-refractivity contribution in [2.24, 2.45) is 5.73 Å². The molecule has 0 radical (unpaired) electrons. The Morgan fingerprint density at radius 3 is 2.48 bits per heavy atom. The molecule has 0 amide bonds. The number of nitrogens with two attached hydrogens (primary N) is 1. The fourth-order valence-electron chi connectivity index (χ4n) is 3.18. The number of nitrogens with zero attached hydrogens (tertiary/aromatic N) is 1. The first kappa shape index (κ1) is 18.5. The lowest BCUT2D eigenvalue weighted by atomic mass is 9.97. The second-order valence-corrected chi connectivity index (χ2v) is 6.20. The molecule has 3 aromatic rings. The Bertz CT molecular complexity index is 1060. The Hall–Kier alpha value is -3.25. The van der Waals surface area contributed by atoms with E-state index in [4.69, 9.17) is 11.1 Å². The molecule has 0 aliphatic heterocycles. The molecule has 0 saturated carbocycles. The highest BCUT2D eigenvalue weighted by Crippen LogP contribution is 2.26. The van der Waals surface area contributed by atoms with Gasteiger partial charge in [0.05, 0.1) is 16.8 Å². The van der Waals surface area contributed by atoms with Crippen molar-refractivity contribution < 1.29 is 0 Å². The van der Waals surface area contributed by atoms with E-state index in [1.165, 1.54) is 11.8 Å². The van der Waals surface area contributed by atoms with Crippen LogP contribution < -0.4 is 16.6 Å². The van der Waals surface area contributed by atoms with E-state index in [-0.39, 0.29) is 12.1 Å². The second-order valence-electron chi connectivity index (χ2n) is 6.20. The van der Waals surface area contributed by atoms with Crippen LogP contribution in [0.1, 0.15) is 29.3 Å². The Balaban J connectivity index is 2.22. The molecule has 0 saturated heterocycles. The van der Waals surface area contributed by atoms with Crippen molar-refractivity contribution in [3.05, 3.63) is 75.2 Å². The van der Waals surface area contributed by atoms with Gasteiger partial charge in [0.15, 0.2) is 0 Å². The number of aromatic nitrogens is 2. The van der Waals surface area contributed by atoms with Crippen LogP contribution in [0.5, 0.6) is 0 Å². The number of fused-ring (bicyclic) bond motifs is 1. The number of nitrogens with one attached hydrogen (secondary N) is 3. The first-order valence-corrected chi connectivity index (χ1v) is 8.86. The summed E-state index contributed by atoms with van der Waals surface area (Å²) in [7, 11) is 1.84. The number of benzene rings is 2. The Labute approximate surface area is 157 Å². The largest absolute Gasteiger partial charge is 0.387 e. The van der Waals surface area contributed by atoms with Crippen LogP contribution in [0.2, 0.25) is 0 Å². The number of aryl methyl sites for hydroxylation is 1. The van der Waals surface area contributed by atoms with Crippen LogP contribution in [0.15, 0.2) is 47.3 Å². The number of rotatable bonds is 6. The van der Waals surface area contributed by atoms with Crippen LogP contribution in [-0.4, -0.2) is 23.5 Å². The predicted molar refractivity (Wildman–Crippen MR) is 111 cm³/mol. The summed E-state index contributed by atoms with van der Waals surface area (Å²) in [6, 6.07) is 13.7. The summed E-state index contributed by atoms with van der Waals surface area (Å²) in [6.45, 7) is 2.34. The van der Waals surface area contributed by atoms with Gasteiger partial charge in [0.2, 0.25) is 0 Å². The third-order valence-electron chi connectivity index (χ3n) is 4.69. The van der Waals surface area contributed by atoms with Gasteiger partial charge < -0.3 is 16.5 Å².